The lowest BCUT2D eigenvalue weighted by atomic mass is 10.1. The zero-order chi connectivity index (χ0) is 15.4. The highest BCUT2D eigenvalue weighted by Gasteiger charge is 2.25. The smallest absolute Gasteiger partial charge is 0.256 e. The molecule has 0 bridgehead atoms. The molecule has 0 unspecified atom stereocenters. The highest BCUT2D eigenvalue weighted by atomic mass is 32.1. The van der Waals surface area contributed by atoms with Gasteiger partial charge in [-0.05, 0) is 6.92 Å². The van der Waals surface area contributed by atoms with Crippen molar-refractivity contribution in [3.63, 3.8) is 0 Å². The molecule has 4 N–H and O–H groups in total. The second-order valence-corrected chi connectivity index (χ2v) is 5.98. The van der Waals surface area contributed by atoms with Gasteiger partial charge in [0, 0.05) is 19.5 Å². The van der Waals surface area contributed by atoms with E-state index in [1.165, 1.54) is 18.4 Å². The molecular weight excluding hydrogens is 274 g/mol. The zero-order valence-corrected chi connectivity index (χ0v) is 13.1. The van der Waals surface area contributed by atoms with Crippen molar-refractivity contribution < 1.29 is 9.59 Å². The number of rotatable bonds is 6. The van der Waals surface area contributed by atoms with Crippen molar-refractivity contribution in [3.05, 3.63) is 22.6 Å². The minimum Gasteiger partial charge on any atom is -0.397 e. The lowest BCUT2D eigenvalue weighted by Gasteiger charge is -2.06. The largest absolute Gasteiger partial charge is 0.397 e. The molecule has 1 aromatic heterocycles. The Morgan fingerprint density at radius 3 is 2.45 bits per heavy atom. The van der Waals surface area contributed by atoms with Crippen LogP contribution in [0, 0.1) is 5.92 Å². The van der Waals surface area contributed by atoms with E-state index in [0.717, 1.165) is 5.57 Å². The standard InChI is InChI=1S/C14H21N3O2S/c1-7(2)6-17-14-9(13(19)16-5)10(15)12(20-14)11(18)8(3)4/h8,17H,1,6,15H2,2-5H3,(H,16,19). The number of nitrogens with two attached hydrogens (primary N) is 1. The lowest BCUT2D eigenvalue weighted by Crippen LogP contribution is -2.20. The molecule has 0 aliphatic heterocycles. The van der Waals surface area contributed by atoms with Gasteiger partial charge in [-0.15, -0.1) is 11.3 Å². The monoisotopic (exact) mass is 295 g/mol. The number of amides is 1. The minimum absolute atomic E-state index is 0.0546. The van der Waals surface area contributed by atoms with Crippen LogP contribution in [0.15, 0.2) is 12.2 Å². The molecule has 0 aliphatic rings. The van der Waals surface area contributed by atoms with E-state index in [4.69, 9.17) is 5.73 Å². The number of nitrogens with one attached hydrogen (secondary N) is 2. The molecule has 1 rings (SSSR count). The van der Waals surface area contributed by atoms with Crippen LogP contribution in [-0.4, -0.2) is 25.3 Å². The summed E-state index contributed by atoms with van der Waals surface area (Å²) in [7, 11) is 1.53. The van der Waals surface area contributed by atoms with Crippen LogP contribution < -0.4 is 16.4 Å². The van der Waals surface area contributed by atoms with Crippen molar-refractivity contribution in [3.8, 4) is 0 Å². The van der Waals surface area contributed by atoms with E-state index in [2.05, 4.69) is 17.2 Å². The SMILES string of the molecule is C=C(C)CNc1sc(C(=O)C(C)C)c(N)c1C(=O)NC. The highest BCUT2D eigenvalue weighted by molar-refractivity contribution is 7.19. The van der Waals surface area contributed by atoms with Gasteiger partial charge in [-0.25, -0.2) is 0 Å². The average Bonchev–Trinajstić information content (AvgIpc) is 2.71. The van der Waals surface area contributed by atoms with E-state index < -0.39 is 0 Å². The summed E-state index contributed by atoms with van der Waals surface area (Å²) in [6, 6.07) is 0. The first-order valence-electron chi connectivity index (χ1n) is 6.36. The fourth-order valence-electron chi connectivity index (χ4n) is 1.60. The van der Waals surface area contributed by atoms with Crippen LogP contribution in [-0.2, 0) is 0 Å². The molecule has 0 fully saturated rings. The first-order chi connectivity index (χ1) is 9.29. The normalized spacial score (nSPS) is 10.4. The molecular formula is C14H21N3O2S. The molecule has 0 spiro atoms. The van der Waals surface area contributed by atoms with Crippen LogP contribution in [0.2, 0.25) is 0 Å². The molecule has 1 heterocycles. The summed E-state index contributed by atoms with van der Waals surface area (Å²) in [5, 5.41) is 6.26. The molecule has 0 saturated carbocycles. The topological polar surface area (TPSA) is 84.2 Å². The van der Waals surface area contributed by atoms with Crippen molar-refractivity contribution >= 4 is 33.7 Å². The van der Waals surface area contributed by atoms with E-state index in [-0.39, 0.29) is 23.3 Å². The summed E-state index contributed by atoms with van der Waals surface area (Å²) < 4.78 is 0. The third kappa shape index (κ3) is 3.39. The Balaban J connectivity index is 3.27. The Kier molecular flexibility index (Phi) is 5.33. The molecule has 20 heavy (non-hydrogen) atoms. The Bertz CT molecular complexity index is 547. The van der Waals surface area contributed by atoms with Gasteiger partial charge >= 0.3 is 0 Å². The summed E-state index contributed by atoms with van der Waals surface area (Å²) in [6.45, 7) is 9.82. The maximum Gasteiger partial charge on any atom is 0.256 e. The van der Waals surface area contributed by atoms with Crippen molar-refractivity contribution in [2.24, 2.45) is 5.92 Å². The maximum atomic E-state index is 12.1. The highest BCUT2D eigenvalue weighted by Crippen LogP contribution is 2.37. The van der Waals surface area contributed by atoms with Gasteiger partial charge in [0.05, 0.1) is 16.1 Å². The minimum atomic E-state index is -0.300. The number of carbonyl (C=O) groups is 2. The Labute approximate surface area is 123 Å². The third-order valence-electron chi connectivity index (χ3n) is 2.70. The number of hydrogen-bond donors (Lipinski definition) is 3. The average molecular weight is 295 g/mol. The van der Waals surface area contributed by atoms with Gasteiger partial charge in [-0.2, -0.15) is 0 Å². The summed E-state index contributed by atoms with van der Waals surface area (Å²) in [5.74, 6) is -0.519. The number of hydrogen-bond acceptors (Lipinski definition) is 5. The van der Waals surface area contributed by atoms with Crippen molar-refractivity contribution in [1.82, 2.24) is 5.32 Å². The van der Waals surface area contributed by atoms with Crippen molar-refractivity contribution in [2.45, 2.75) is 20.8 Å². The predicted octanol–water partition coefficient (Wildman–Crippen LogP) is 2.52. The quantitative estimate of drug-likeness (QED) is 0.556. The first kappa shape index (κ1) is 16.2. The van der Waals surface area contributed by atoms with Gasteiger partial charge in [0.15, 0.2) is 5.78 Å². The molecule has 0 saturated heterocycles. The molecule has 0 radical (unpaired) electrons. The number of thiophene rings is 1. The molecule has 5 nitrogen and oxygen atoms in total. The molecule has 0 aromatic carbocycles. The van der Waals surface area contributed by atoms with Crippen LogP contribution >= 0.6 is 11.3 Å². The fourth-order valence-corrected chi connectivity index (χ4v) is 2.80. The van der Waals surface area contributed by atoms with Gasteiger partial charge < -0.3 is 16.4 Å². The van der Waals surface area contributed by atoms with Crippen molar-refractivity contribution in [2.75, 3.05) is 24.6 Å². The van der Waals surface area contributed by atoms with Gasteiger partial charge in [-0.3, -0.25) is 9.59 Å². The van der Waals surface area contributed by atoms with Gasteiger partial charge in [-0.1, -0.05) is 26.0 Å². The summed E-state index contributed by atoms with van der Waals surface area (Å²) in [4.78, 5) is 24.5. The second kappa shape index (κ2) is 6.56. The molecule has 1 amide bonds. The van der Waals surface area contributed by atoms with Crippen LogP contribution in [0.25, 0.3) is 0 Å². The van der Waals surface area contributed by atoms with E-state index in [1.807, 2.05) is 20.8 Å². The molecule has 1 aromatic rings. The molecule has 0 atom stereocenters. The summed E-state index contributed by atoms with van der Waals surface area (Å²) in [6.07, 6.45) is 0. The number of anilines is 2. The van der Waals surface area contributed by atoms with E-state index in [9.17, 15) is 9.59 Å². The summed E-state index contributed by atoms with van der Waals surface area (Å²) in [5.41, 5.74) is 7.50. The van der Waals surface area contributed by atoms with Gasteiger partial charge in [0.1, 0.15) is 5.00 Å². The molecule has 0 aliphatic carbocycles. The van der Waals surface area contributed by atoms with E-state index >= 15 is 0 Å². The molecule has 110 valence electrons. The van der Waals surface area contributed by atoms with Crippen LogP contribution in [0.3, 0.4) is 0 Å². The Morgan fingerprint density at radius 2 is 2.00 bits per heavy atom. The first-order valence-corrected chi connectivity index (χ1v) is 7.18. The number of Topliss-reactive ketones (excluding diaryl/α,β-unsaturated/α-hetero) is 1. The van der Waals surface area contributed by atoms with Gasteiger partial charge in [0.25, 0.3) is 5.91 Å². The van der Waals surface area contributed by atoms with Crippen LogP contribution in [0.5, 0.6) is 0 Å². The zero-order valence-electron chi connectivity index (χ0n) is 12.3. The fraction of sp³-hybridized carbons (Fsp3) is 0.429. The summed E-state index contributed by atoms with van der Waals surface area (Å²) >= 11 is 1.22. The Hall–Kier alpha value is -1.82. The number of ketones is 1. The van der Waals surface area contributed by atoms with E-state index in [0.29, 0.717) is 22.0 Å². The van der Waals surface area contributed by atoms with Crippen molar-refractivity contribution in [1.29, 1.82) is 0 Å². The Morgan fingerprint density at radius 1 is 1.40 bits per heavy atom. The van der Waals surface area contributed by atoms with Crippen LogP contribution in [0.4, 0.5) is 10.7 Å². The molecule has 6 heteroatoms. The van der Waals surface area contributed by atoms with Gasteiger partial charge in [0.2, 0.25) is 0 Å². The lowest BCUT2D eigenvalue weighted by molar-refractivity contribution is 0.0944. The second-order valence-electron chi connectivity index (χ2n) is 4.96. The number of carbonyl (C=O) groups excluding carboxylic acids is 2. The van der Waals surface area contributed by atoms with Crippen LogP contribution in [0.1, 0.15) is 40.8 Å². The maximum absolute atomic E-state index is 12.1. The predicted molar refractivity (Wildman–Crippen MR) is 84.6 cm³/mol. The number of nitrogen functional groups attached to an aromatic ring is 1. The third-order valence-corrected chi connectivity index (χ3v) is 3.88. The van der Waals surface area contributed by atoms with E-state index in [1.54, 1.807) is 0 Å².